The molecule has 1 fully saturated rings. The number of rotatable bonds is 10. The van der Waals surface area contributed by atoms with Gasteiger partial charge in [-0.3, -0.25) is 4.79 Å². The number of esters is 1. The van der Waals surface area contributed by atoms with Crippen molar-refractivity contribution in [2.24, 2.45) is 0 Å². The molecule has 1 unspecified atom stereocenters. The van der Waals surface area contributed by atoms with Crippen LogP contribution in [0.3, 0.4) is 0 Å². The molecule has 0 spiro atoms. The number of amides is 1. The molecule has 0 radical (unpaired) electrons. The van der Waals surface area contributed by atoms with Crippen molar-refractivity contribution in [1.29, 1.82) is 0 Å². The monoisotopic (exact) mass is 301 g/mol. The summed E-state index contributed by atoms with van der Waals surface area (Å²) in [6.45, 7) is 2.70. The SMILES string of the molecule is CCCCCCCCCCOC(=O)C1CSCC(=O)N1. The quantitative estimate of drug-likeness (QED) is 0.498. The third-order valence-electron chi connectivity index (χ3n) is 3.38. The molecule has 116 valence electrons. The molecule has 1 heterocycles. The standard InChI is InChI=1S/C15H27NO3S/c1-2-3-4-5-6-7-8-9-10-19-15(18)13-11-20-12-14(17)16-13/h13H,2-12H2,1H3,(H,16,17). The van der Waals surface area contributed by atoms with Crippen LogP contribution >= 0.6 is 11.8 Å². The van der Waals surface area contributed by atoms with E-state index in [0.717, 1.165) is 12.8 Å². The van der Waals surface area contributed by atoms with E-state index in [4.69, 9.17) is 4.74 Å². The predicted octanol–water partition coefficient (Wildman–Crippen LogP) is 2.90. The maximum Gasteiger partial charge on any atom is 0.329 e. The van der Waals surface area contributed by atoms with Gasteiger partial charge in [0, 0.05) is 5.75 Å². The number of ether oxygens (including phenoxy) is 1. The van der Waals surface area contributed by atoms with Gasteiger partial charge in [0.05, 0.1) is 12.4 Å². The summed E-state index contributed by atoms with van der Waals surface area (Å²) < 4.78 is 5.21. The van der Waals surface area contributed by atoms with Gasteiger partial charge in [-0.15, -0.1) is 11.8 Å². The highest BCUT2D eigenvalue weighted by molar-refractivity contribution is 8.00. The zero-order valence-corrected chi connectivity index (χ0v) is 13.3. The lowest BCUT2D eigenvalue weighted by Crippen LogP contribution is -2.47. The Morgan fingerprint density at radius 2 is 1.85 bits per heavy atom. The second kappa shape index (κ2) is 11.0. The van der Waals surface area contributed by atoms with Crippen molar-refractivity contribution in [3.05, 3.63) is 0 Å². The lowest BCUT2D eigenvalue weighted by molar-refractivity contribution is -0.147. The summed E-state index contributed by atoms with van der Waals surface area (Å²) in [6, 6.07) is -0.449. The Hall–Kier alpha value is -0.710. The summed E-state index contributed by atoms with van der Waals surface area (Å²) >= 11 is 1.48. The summed E-state index contributed by atoms with van der Waals surface area (Å²) in [5.74, 6) is 0.716. The first-order valence-electron chi connectivity index (χ1n) is 7.77. The van der Waals surface area contributed by atoms with Crippen molar-refractivity contribution in [3.63, 3.8) is 0 Å². The topological polar surface area (TPSA) is 55.4 Å². The van der Waals surface area contributed by atoms with E-state index in [0.29, 0.717) is 18.1 Å². The maximum absolute atomic E-state index is 11.7. The largest absolute Gasteiger partial charge is 0.464 e. The van der Waals surface area contributed by atoms with E-state index in [9.17, 15) is 9.59 Å². The van der Waals surface area contributed by atoms with Gasteiger partial charge in [-0.25, -0.2) is 4.79 Å². The summed E-state index contributed by atoms with van der Waals surface area (Å²) in [5.41, 5.74) is 0. The van der Waals surface area contributed by atoms with Gasteiger partial charge in [0.25, 0.3) is 0 Å². The summed E-state index contributed by atoms with van der Waals surface area (Å²) in [4.78, 5) is 22.9. The molecule has 0 bridgehead atoms. The average Bonchev–Trinajstić information content (AvgIpc) is 2.45. The molecule has 1 atom stereocenters. The molecule has 0 aromatic carbocycles. The third kappa shape index (κ3) is 7.78. The molecule has 5 heteroatoms. The Bertz CT molecular complexity index is 297. The molecular weight excluding hydrogens is 274 g/mol. The average molecular weight is 301 g/mol. The van der Waals surface area contributed by atoms with Gasteiger partial charge in [-0.05, 0) is 6.42 Å². The zero-order chi connectivity index (χ0) is 14.6. The first-order chi connectivity index (χ1) is 9.74. The van der Waals surface area contributed by atoms with Crippen molar-refractivity contribution >= 4 is 23.6 Å². The summed E-state index contributed by atoms with van der Waals surface area (Å²) in [6.07, 6.45) is 9.82. The van der Waals surface area contributed by atoms with Crippen molar-refractivity contribution in [2.45, 2.75) is 64.3 Å². The summed E-state index contributed by atoms with van der Waals surface area (Å²) in [5, 5.41) is 2.66. The Balaban J connectivity index is 1.93. The molecule has 0 aromatic rings. The Kier molecular flexibility index (Phi) is 9.54. The van der Waals surface area contributed by atoms with Gasteiger partial charge in [0.15, 0.2) is 0 Å². The van der Waals surface area contributed by atoms with Crippen LogP contribution in [-0.2, 0) is 14.3 Å². The van der Waals surface area contributed by atoms with E-state index in [1.165, 1.54) is 50.3 Å². The number of hydrogen-bond donors (Lipinski definition) is 1. The second-order valence-corrected chi connectivity index (χ2v) is 6.31. The van der Waals surface area contributed by atoms with Crippen LogP contribution in [0, 0.1) is 0 Å². The zero-order valence-electron chi connectivity index (χ0n) is 12.5. The van der Waals surface area contributed by atoms with Crippen LogP contribution in [0.15, 0.2) is 0 Å². The smallest absolute Gasteiger partial charge is 0.329 e. The van der Waals surface area contributed by atoms with Crippen LogP contribution in [0.5, 0.6) is 0 Å². The molecule has 1 rings (SSSR count). The molecule has 1 N–H and O–H groups in total. The van der Waals surface area contributed by atoms with E-state index in [2.05, 4.69) is 12.2 Å². The number of hydrogen-bond acceptors (Lipinski definition) is 4. The van der Waals surface area contributed by atoms with Crippen LogP contribution in [-0.4, -0.2) is 36.0 Å². The minimum atomic E-state index is -0.449. The van der Waals surface area contributed by atoms with Crippen LogP contribution in [0.1, 0.15) is 58.3 Å². The van der Waals surface area contributed by atoms with Crippen LogP contribution in [0.2, 0.25) is 0 Å². The van der Waals surface area contributed by atoms with Gasteiger partial charge in [0.1, 0.15) is 6.04 Å². The van der Waals surface area contributed by atoms with E-state index < -0.39 is 6.04 Å². The number of carbonyl (C=O) groups excluding carboxylic acids is 2. The van der Waals surface area contributed by atoms with Crippen LogP contribution in [0.4, 0.5) is 0 Å². The fraction of sp³-hybridized carbons (Fsp3) is 0.867. The summed E-state index contributed by atoms with van der Waals surface area (Å²) in [7, 11) is 0. The number of unbranched alkanes of at least 4 members (excludes halogenated alkanes) is 7. The van der Waals surface area contributed by atoms with E-state index >= 15 is 0 Å². The highest BCUT2D eigenvalue weighted by atomic mass is 32.2. The van der Waals surface area contributed by atoms with Crippen LogP contribution < -0.4 is 5.32 Å². The van der Waals surface area contributed by atoms with Crippen molar-refractivity contribution in [1.82, 2.24) is 5.32 Å². The minimum Gasteiger partial charge on any atom is -0.464 e. The number of carbonyl (C=O) groups is 2. The Labute approximate surface area is 126 Å². The molecule has 1 amide bonds. The number of thioether (sulfide) groups is 1. The molecule has 20 heavy (non-hydrogen) atoms. The maximum atomic E-state index is 11.7. The normalized spacial score (nSPS) is 18.6. The fourth-order valence-corrected chi connectivity index (χ4v) is 3.03. The van der Waals surface area contributed by atoms with Crippen molar-refractivity contribution in [2.75, 3.05) is 18.1 Å². The minimum absolute atomic E-state index is 0.0738. The van der Waals surface area contributed by atoms with Gasteiger partial charge in [0.2, 0.25) is 5.91 Å². The highest BCUT2D eigenvalue weighted by Crippen LogP contribution is 2.11. The molecule has 1 aliphatic heterocycles. The molecule has 0 aliphatic carbocycles. The Morgan fingerprint density at radius 1 is 1.20 bits per heavy atom. The van der Waals surface area contributed by atoms with Gasteiger partial charge in [-0.1, -0.05) is 51.9 Å². The van der Waals surface area contributed by atoms with E-state index in [1.54, 1.807) is 0 Å². The molecular formula is C15H27NO3S. The molecule has 0 aromatic heterocycles. The lowest BCUT2D eigenvalue weighted by Gasteiger charge is -2.21. The van der Waals surface area contributed by atoms with E-state index in [1.807, 2.05) is 0 Å². The molecule has 1 aliphatic rings. The lowest BCUT2D eigenvalue weighted by atomic mass is 10.1. The first kappa shape index (κ1) is 17.3. The second-order valence-electron chi connectivity index (χ2n) is 5.28. The van der Waals surface area contributed by atoms with Crippen molar-refractivity contribution in [3.8, 4) is 0 Å². The Morgan fingerprint density at radius 3 is 2.50 bits per heavy atom. The van der Waals surface area contributed by atoms with Gasteiger partial charge < -0.3 is 10.1 Å². The molecule has 0 saturated carbocycles. The highest BCUT2D eigenvalue weighted by Gasteiger charge is 2.26. The number of nitrogens with one attached hydrogen (secondary N) is 1. The fourth-order valence-electron chi connectivity index (χ4n) is 2.18. The van der Waals surface area contributed by atoms with Crippen LogP contribution in [0.25, 0.3) is 0 Å². The van der Waals surface area contributed by atoms with Gasteiger partial charge in [-0.2, -0.15) is 0 Å². The third-order valence-corrected chi connectivity index (χ3v) is 4.41. The molecule has 4 nitrogen and oxygen atoms in total. The van der Waals surface area contributed by atoms with Crippen molar-refractivity contribution < 1.29 is 14.3 Å². The first-order valence-corrected chi connectivity index (χ1v) is 8.93. The predicted molar refractivity (Wildman–Crippen MR) is 82.8 cm³/mol. The van der Waals surface area contributed by atoms with Gasteiger partial charge >= 0.3 is 5.97 Å². The van der Waals surface area contributed by atoms with E-state index in [-0.39, 0.29) is 11.9 Å². The molecule has 1 saturated heterocycles.